The van der Waals surface area contributed by atoms with Gasteiger partial charge in [-0.25, -0.2) is 4.79 Å². The minimum atomic E-state index is -0.146. The van der Waals surface area contributed by atoms with Gasteiger partial charge in [-0.1, -0.05) is 43.3 Å². The zero-order chi connectivity index (χ0) is 17.9. The molecule has 6 heteroatoms. The zero-order valence-corrected chi connectivity index (χ0v) is 14.5. The number of H-pyrrole nitrogens is 1. The molecule has 0 fully saturated rings. The van der Waals surface area contributed by atoms with Crippen LogP contribution < -0.4 is 5.69 Å². The molecule has 0 spiro atoms. The number of benzene rings is 2. The summed E-state index contributed by atoms with van der Waals surface area (Å²) in [5.74, 6) is 0. The van der Waals surface area contributed by atoms with Crippen molar-refractivity contribution in [1.29, 1.82) is 0 Å². The largest absolute Gasteiger partial charge is 0.350 e. The molecule has 6 nitrogen and oxygen atoms in total. The lowest BCUT2D eigenvalue weighted by molar-refractivity contribution is 0.738. The van der Waals surface area contributed by atoms with E-state index < -0.39 is 0 Å². The molecule has 0 radical (unpaired) electrons. The highest BCUT2D eigenvalue weighted by Crippen LogP contribution is 2.25. The molecule has 26 heavy (non-hydrogen) atoms. The molecule has 4 aromatic rings. The minimum Gasteiger partial charge on any atom is -0.285 e. The lowest BCUT2D eigenvalue weighted by atomic mass is 10.00. The summed E-state index contributed by atoms with van der Waals surface area (Å²) in [7, 11) is 0. The van der Waals surface area contributed by atoms with E-state index >= 15 is 0 Å². The summed E-state index contributed by atoms with van der Waals surface area (Å²) in [6.07, 6.45) is 6.11. The second kappa shape index (κ2) is 6.84. The van der Waals surface area contributed by atoms with E-state index in [9.17, 15) is 4.79 Å². The smallest absolute Gasteiger partial charge is 0.285 e. The first kappa shape index (κ1) is 16.1. The molecule has 0 saturated heterocycles. The Balaban J connectivity index is 1.69. The van der Waals surface area contributed by atoms with E-state index in [2.05, 4.69) is 22.2 Å². The quantitative estimate of drug-likeness (QED) is 0.604. The van der Waals surface area contributed by atoms with Gasteiger partial charge in [0.05, 0.1) is 18.4 Å². The fourth-order valence-electron chi connectivity index (χ4n) is 3.08. The summed E-state index contributed by atoms with van der Waals surface area (Å²) in [5.41, 5.74) is 4.99. The fourth-order valence-corrected chi connectivity index (χ4v) is 3.08. The molecule has 130 valence electrons. The average molecular weight is 345 g/mol. The van der Waals surface area contributed by atoms with E-state index in [1.165, 1.54) is 4.68 Å². The van der Waals surface area contributed by atoms with E-state index in [1.807, 2.05) is 54.7 Å². The van der Waals surface area contributed by atoms with Crippen molar-refractivity contribution in [3.05, 3.63) is 88.9 Å². The van der Waals surface area contributed by atoms with Crippen LogP contribution in [0.25, 0.3) is 16.8 Å². The van der Waals surface area contributed by atoms with Crippen molar-refractivity contribution in [2.24, 2.45) is 0 Å². The van der Waals surface area contributed by atoms with Gasteiger partial charge in [0, 0.05) is 11.8 Å². The van der Waals surface area contributed by atoms with Crippen molar-refractivity contribution < 1.29 is 0 Å². The molecule has 0 aliphatic rings. The highest BCUT2D eigenvalue weighted by atomic mass is 16.2. The van der Waals surface area contributed by atoms with E-state index in [0.717, 1.165) is 34.4 Å². The number of aryl methyl sites for hydroxylation is 1. The Kier molecular flexibility index (Phi) is 4.23. The van der Waals surface area contributed by atoms with Crippen LogP contribution in [0.4, 0.5) is 0 Å². The van der Waals surface area contributed by atoms with Crippen molar-refractivity contribution >= 4 is 0 Å². The summed E-state index contributed by atoms with van der Waals surface area (Å²) in [6.45, 7) is 2.60. The van der Waals surface area contributed by atoms with E-state index in [-0.39, 0.29) is 5.69 Å². The third-order valence-electron chi connectivity index (χ3n) is 4.45. The van der Waals surface area contributed by atoms with Gasteiger partial charge in [-0.15, -0.1) is 0 Å². The lowest BCUT2D eigenvalue weighted by Gasteiger charge is -2.08. The molecule has 0 aliphatic carbocycles. The van der Waals surface area contributed by atoms with Gasteiger partial charge >= 0.3 is 5.69 Å². The Hall–Kier alpha value is -3.41. The SMILES string of the molecule is CCc1cc(-n2ncn(Cc3ccccc3)c2=O)ccc1-c1cn[nH]c1. The number of rotatable bonds is 5. The first-order chi connectivity index (χ1) is 12.8. The first-order valence-corrected chi connectivity index (χ1v) is 8.57. The number of aromatic nitrogens is 5. The Morgan fingerprint density at radius 2 is 1.96 bits per heavy atom. The van der Waals surface area contributed by atoms with Crippen LogP contribution in [0.5, 0.6) is 0 Å². The van der Waals surface area contributed by atoms with E-state index in [0.29, 0.717) is 6.54 Å². The van der Waals surface area contributed by atoms with Crippen LogP contribution in [0.2, 0.25) is 0 Å². The van der Waals surface area contributed by atoms with Crippen LogP contribution in [0, 0.1) is 0 Å². The van der Waals surface area contributed by atoms with Gasteiger partial charge in [-0.3, -0.25) is 9.67 Å². The van der Waals surface area contributed by atoms with Gasteiger partial charge in [0.25, 0.3) is 0 Å². The molecular weight excluding hydrogens is 326 g/mol. The molecule has 0 unspecified atom stereocenters. The van der Waals surface area contributed by atoms with Crippen molar-refractivity contribution in [2.75, 3.05) is 0 Å². The Labute approximate surface area is 150 Å². The maximum absolute atomic E-state index is 12.7. The topological polar surface area (TPSA) is 68.5 Å². The molecule has 2 aromatic heterocycles. The number of aromatic amines is 1. The van der Waals surface area contributed by atoms with Crippen LogP contribution in [0.1, 0.15) is 18.1 Å². The van der Waals surface area contributed by atoms with Crippen LogP contribution >= 0.6 is 0 Å². The molecule has 1 N–H and O–H groups in total. The Morgan fingerprint density at radius 3 is 2.69 bits per heavy atom. The van der Waals surface area contributed by atoms with Crippen LogP contribution in [0.15, 0.2) is 72.0 Å². The molecule has 0 bridgehead atoms. The number of hydrogen-bond donors (Lipinski definition) is 1. The van der Waals surface area contributed by atoms with Gasteiger partial charge in [0.2, 0.25) is 0 Å². The summed E-state index contributed by atoms with van der Waals surface area (Å²) >= 11 is 0. The van der Waals surface area contributed by atoms with Gasteiger partial charge in [0.15, 0.2) is 0 Å². The van der Waals surface area contributed by atoms with Gasteiger partial charge in [-0.05, 0) is 35.2 Å². The van der Waals surface area contributed by atoms with Crippen LogP contribution in [-0.4, -0.2) is 24.5 Å². The summed E-state index contributed by atoms with van der Waals surface area (Å²) < 4.78 is 3.06. The van der Waals surface area contributed by atoms with E-state index in [4.69, 9.17) is 0 Å². The average Bonchev–Trinajstić information content (AvgIpc) is 3.33. The van der Waals surface area contributed by atoms with Gasteiger partial charge in [-0.2, -0.15) is 14.9 Å². The molecule has 2 aromatic carbocycles. The third kappa shape index (κ3) is 2.97. The molecule has 0 aliphatic heterocycles. The molecule has 2 heterocycles. The fraction of sp³-hybridized carbons (Fsp3) is 0.150. The van der Waals surface area contributed by atoms with Crippen LogP contribution in [-0.2, 0) is 13.0 Å². The standard InChI is InChI=1S/C20H19N5O/c1-2-16-10-18(8-9-19(16)17-11-21-22-12-17)25-20(26)24(14-23-25)13-15-6-4-3-5-7-15/h3-12,14H,2,13H2,1H3,(H,21,22). The summed E-state index contributed by atoms with van der Waals surface area (Å²) in [5, 5.41) is 11.2. The van der Waals surface area contributed by atoms with Crippen LogP contribution in [0.3, 0.4) is 0 Å². The minimum absolute atomic E-state index is 0.146. The first-order valence-electron chi connectivity index (χ1n) is 8.57. The molecular formula is C20H19N5O. The maximum atomic E-state index is 12.7. The third-order valence-corrected chi connectivity index (χ3v) is 4.45. The number of hydrogen-bond acceptors (Lipinski definition) is 3. The second-order valence-corrected chi connectivity index (χ2v) is 6.12. The number of nitrogens with zero attached hydrogens (tertiary/aromatic N) is 4. The van der Waals surface area contributed by atoms with Gasteiger partial charge < -0.3 is 0 Å². The maximum Gasteiger partial charge on any atom is 0.350 e. The highest BCUT2D eigenvalue weighted by molar-refractivity contribution is 5.67. The molecule has 4 rings (SSSR count). The molecule has 0 saturated carbocycles. The van der Waals surface area contributed by atoms with Crippen molar-refractivity contribution in [3.63, 3.8) is 0 Å². The predicted octanol–water partition coefficient (Wildman–Crippen LogP) is 3.03. The van der Waals surface area contributed by atoms with Crippen molar-refractivity contribution in [3.8, 4) is 16.8 Å². The van der Waals surface area contributed by atoms with Crippen molar-refractivity contribution in [1.82, 2.24) is 24.5 Å². The Morgan fingerprint density at radius 1 is 1.12 bits per heavy atom. The highest BCUT2D eigenvalue weighted by Gasteiger charge is 2.11. The van der Waals surface area contributed by atoms with Crippen molar-refractivity contribution in [2.45, 2.75) is 19.9 Å². The Bertz CT molecular complexity index is 1060. The van der Waals surface area contributed by atoms with Gasteiger partial charge in [0.1, 0.15) is 6.33 Å². The monoisotopic (exact) mass is 345 g/mol. The zero-order valence-electron chi connectivity index (χ0n) is 14.5. The summed E-state index contributed by atoms with van der Waals surface area (Å²) in [4.78, 5) is 12.7. The second-order valence-electron chi connectivity index (χ2n) is 6.12. The molecule has 0 atom stereocenters. The number of nitrogens with one attached hydrogen (secondary N) is 1. The van der Waals surface area contributed by atoms with E-state index in [1.54, 1.807) is 17.1 Å². The normalized spacial score (nSPS) is 11.0. The predicted molar refractivity (Wildman–Crippen MR) is 100 cm³/mol. The molecule has 0 amide bonds. The lowest BCUT2D eigenvalue weighted by Crippen LogP contribution is -2.24. The summed E-state index contributed by atoms with van der Waals surface area (Å²) in [6, 6.07) is 15.8.